The number of benzene rings is 1. The van der Waals surface area contributed by atoms with E-state index >= 15 is 0 Å². The Labute approximate surface area is 111 Å². The van der Waals surface area contributed by atoms with E-state index in [4.69, 9.17) is 4.74 Å². The van der Waals surface area contributed by atoms with Gasteiger partial charge in [-0.3, -0.25) is 0 Å². The van der Waals surface area contributed by atoms with Crippen molar-refractivity contribution >= 4 is 0 Å². The van der Waals surface area contributed by atoms with Crippen LogP contribution in [0.2, 0.25) is 0 Å². The third kappa shape index (κ3) is 2.76. The molecule has 0 amide bonds. The van der Waals surface area contributed by atoms with E-state index in [1.54, 1.807) is 0 Å². The summed E-state index contributed by atoms with van der Waals surface area (Å²) in [6.45, 7) is 8.58. The lowest BCUT2D eigenvalue weighted by atomic mass is 9.86. The summed E-state index contributed by atoms with van der Waals surface area (Å²) in [5.41, 5.74) is 2.84. The van der Waals surface area contributed by atoms with Crippen molar-refractivity contribution in [2.75, 3.05) is 13.2 Å². The van der Waals surface area contributed by atoms with Gasteiger partial charge in [0.1, 0.15) is 0 Å². The van der Waals surface area contributed by atoms with Crippen LogP contribution in [0.1, 0.15) is 44.4 Å². The summed E-state index contributed by atoms with van der Waals surface area (Å²) in [5, 5.41) is 3.62. The summed E-state index contributed by atoms with van der Waals surface area (Å²) < 4.78 is 6.08. The molecule has 1 aliphatic rings. The van der Waals surface area contributed by atoms with E-state index in [1.807, 2.05) is 0 Å². The molecule has 1 N–H and O–H groups in total. The lowest BCUT2D eigenvalue weighted by molar-refractivity contribution is 0.00167. The molecule has 2 heteroatoms. The second kappa shape index (κ2) is 6.35. The number of ether oxygens (including phenoxy) is 1. The van der Waals surface area contributed by atoms with Crippen molar-refractivity contribution in [3.8, 4) is 0 Å². The van der Waals surface area contributed by atoms with Crippen molar-refractivity contribution in [1.82, 2.24) is 5.32 Å². The van der Waals surface area contributed by atoms with Crippen molar-refractivity contribution < 1.29 is 4.74 Å². The van der Waals surface area contributed by atoms with E-state index in [9.17, 15) is 0 Å². The highest BCUT2D eigenvalue weighted by atomic mass is 16.5. The van der Waals surface area contributed by atoms with Gasteiger partial charge in [-0.1, -0.05) is 51.5 Å². The molecule has 0 bridgehead atoms. The zero-order valence-electron chi connectivity index (χ0n) is 11.8. The number of fused-ring (bicyclic) bond motifs is 1. The van der Waals surface area contributed by atoms with E-state index in [1.165, 1.54) is 17.5 Å². The summed E-state index contributed by atoms with van der Waals surface area (Å²) in [6.07, 6.45) is 2.44. The monoisotopic (exact) mass is 247 g/mol. The molecule has 3 unspecified atom stereocenters. The standard InChI is InChI=1S/C16H25NO/c1-4-12(3)15(17-5-2)16-14-9-7-6-8-13(14)10-11-18-16/h6-9,12,15-17H,4-5,10-11H2,1-3H3. The zero-order valence-corrected chi connectivity index (χ0v) is 11.8. The van der Waals surface area contributed by atoms with Crippen LogP contribution in [0, 0.1) is 5.92 Å². The maximum atomic E-state index is 6.08. The molecule has 1 aromatic carbocycles. The van der Waals surface area contributed by atoms with Crippen LogP contribution in [0.15, 0.2) is 24.3 Å². The Hall–Kier alpha value is -0.860. The first kappa shape index (κ1) is 13.6. The number of hydrogen-bond donors (Lipinski definition) is 1. The molecule has 0 saturated carbocycles. The van der Waals surface area contributed by atoms with Crippen molar-refractivity contribution in [3.05, 3.63) is 35.4 Å². The summed E-state index contributed by atoms with van der Waals surface area (Å²) in [4.78, 5) is 0. The number of nitrogens with one attached hydrogen (secondary N) is 1. The Balaban J connectivity index is 2.26. The van der Waals surface area contributed by atoms with E-state index < -0.39 is 0 Å². The van der Waals surface area contributed by atoms with Gasteiger partial charge in [0.05, 0.1) is 12.7 Å². The average Bonchev–Trinajstić information content (AvgIpc) is 2.43. The molecule has 0 radical (unpaired) electrons. The summed E-state index contributed by atoms with van der Waals surface area (Å²) in [5.74, 6) is 0.626. The zero-order chi connectivity index (χ0) is 13.0. The summed E-state index contributed by atoms with van der Waals surface area (Å²) in [7, 11) is 0. The number of likely N-dealkylation sites (N-methyl/N-ethyl adjacent to an activating group) is 1. The van der Waals surface area contributed by atoms with Gasteiger partial charge in [-0.15, -0.1) is 0 Å². The molecule has 2 rings (SSSR count). The van der Waals surface area contributed by atoms with Crippen LogP contribution in [0.25, 0.3) is 0 Å². The predicted octanol–water partition coefficient (Wildman–Crippen LogP) is 3.32. The first-order valence-electron chi connectivity index (χ1n) is 7.20. The Morgan fingerprint density at radius 2 is 2.11 bits per heavy atom. The van der Waals surface area contributed by atoms with Crippen molar-refractivity contribution in [2.45, 2.75) is 45.8 Å². The van der Waals surface area contributed by atoms with Gasteiger partial charge < -0.3 is 10.1 Å². The second-order valence-electron chi connectivity index (χ2n) is 5.21. The van der Waals surface area contributed by atoms with Gasteiger partial charge >= 0.3 is 0 Å². The van der Waals surface area contributed by atoms with Crippen LogP contribution in [-0.4, -0.2) is 19.2 Å². The molecule has 1 aromatic rings. The van der Waals surface area contributed by atoms with Gasteiger partial charge in [-0.05, 0) is 30.0 Å². The minimum atomic E-state index is 0.213. The molecular formula is C16H25NO. The highest BCUT2D eigenvalue weighted by molar-refractivity contribution is 5.32. The van der Waals surface area contributed by atoms with Crippen molar-refractivity contribution in [1.29, 1.82) is 0 Å². The van der Waals surface area contributed by atoms with Gasteiger partial charge in [-0.25, -0.2) is 0 Å². The molecule has 3 atom stereocenters. The van der Waals surface area contributed by atoms with Gasteiger partial charge in [0.2, 0.25) is 0 Å². The fourth-order valence-corrected chi connectivity index (χ4v) is 2.82. The van der Waals surface area contributed by atoms with Crippen molar-refractivity contribution in [3.63, 3.8) is 0 Å². The quantitative estimate of drug-likeness (QED) is 0.862. The van der Waals surface area contributed by atoms with Gasteiger partial charge in [-0.2, -0.15) is 0 Å². The van der Waals surface area contributed by atoms with Crippen LogP contribution in [-0.2, 0) is 11.2 Å². The summed E-state index contributed by atoms with van der Waals surface area (Å²) in [6, 6.07) is 9.14. The second-order valence-corrected chi connectivity index (χ2v) is 5.21. The van der Waals surface area contributed by atoms with E-state index in [2.05, 4.69) is 50.4 Å². The van der Waals surface area contributed by atoms with Crippen LogP contribution >= 0.6 is 0 Å². The molecule has 2 nitrogen and oxygen atoms in total. The molecule has 0 aliphatic carbocycles. The van der Waals surface area contributed by atoms with Gasteiger partial charge in [0, 0.05) is 6.04 Å². The molecular weight excluding hydrogens is 222 g/mol. The minimum absolute atomic E-state index is 0.213. The maximum Gasteiger partial charge on any atom is 0.0983 e. The van der Waals surface area contributed by atoms with Gasteiger partial charge in [0.25, 0.3) is 0 Å². The number of hydrogen-bond acceptors (Lipinski definition) is 2. The Morgan fingerprint density at radius 3 is 2.83 bits per heavy atom. The topological polar surface area (TPSA) is 21.3 Å². The van der Waals surface area contributed by atoms with Crippen LogP contribution in [0.3, 0.4) is 0 Å². The Kier molecular flexibility index (Phi) is 4.79. The third-order valence-electron chi connectivity index (χ3n) is 4.05. The molecule has 1 aliphatic heterocycles. The van der Waals surface area contributed by atoms with Crippen molar-refractivity contribution in [2.24, 2.45) is 5.92 Å². The first-order valence-corrected chi connectivity index (χ1v) is 7.20. The van der Waals surface area contributed by atoms with E-state index in [0.717, 1.165) is 19.6 Å². The van der Waals surface area contributed by atoms with Crippen LogP contribution in [0.5, 0.6) is 0 Å². The summed E-state index contributed by atoms with van der Waals surface area (Å²) >= 11 is 0. The largest absolute Gasteiger partial charge is 0.372 e. The smallest absolute Gasteiger partial charge is 0.0983 e. The highest BCUT2D eigenvalue weighted by Crippen LogP contribution is 2.33. The predicted molar refractivity (Wildman–Crippen MR) is 75.8 cm³/mol. The highest BCUT2D eigenvalue weighted by Gasteiger charge is 2.30. The first-order chi connectivity index (χ1) is 8.77. The molecule has 100 valence electrons. The molecule has 0 spiro atoms. The van der Waals surface area contributed by atoms with Crippen LogP contribution < -0.4 is 5.32 Å². The Bertz CT molecular complexity index is 377. The fraction of sp³-hybridized carbons (Fsp3) is 0.625. The van der Waals surface area contributed by atoms with E-state index in [0.29, 0.717) is 12.0 Å². The molecule has 0 saturated heterocycles. The average molecular weight is 247 g/mol. The lowest BCUT2D eigenvalue weighted by Gasteiger charge is -2.36. The SMILES string of the molecule is CCNC(C(C)CC)C1OCCc2ccccc21. The lowest BCUT2D eigenvalue weighted by Crippen LogP contribution is -2.42. The fourth-order valence-electron chi connectivity index (χ4n) is 2.82. The Morgan fingerprint density at radius 1 is 1.33 bits per heavy atom. The normalized spacial score (nSPS) is 22.3. The third-order valence-corrected chi connectivity index (χ3v) is 4.05. The number of rotatable bonds is 5. The van der Waals surface area contributed by atoms with E-state index in [-0.39, 0.29) is 6.10 Å². The van der Waals surface area contributed by atoms with Gasteiger partial charge in [0.15, 0.2) is 0 Å². The van der Waals surface area contributed by atoms with Crippen LogP contribution in [0.4, 0.5) is 0 Å². The molecule has 18 heavy (non-hydrogen) atoms. The maximum absolute atomic E-state index is 6.08. The molecule has 1 heterocycles. The molecule has 0 aromatic heterocycles. The molecule has 0 fully saturated rings. The minimum Gasteiger partial charge on any atom is -0.372 e.